The Morgan fingerprint density at radius 3 is 2.52 bits per heavy atom. The molecule has 0 saturated heterocycles. The Morgan fingerprint density at radius 2 is 2.00 bits per heavy atom. The highest BCUT2D eigenvalue weighted by molar-refractivity contribution is 8.00. The molecule has 0 aliphatic heterocycles. The van der Waals surface area contributed by atoms with Gasteiger partial charge >= 0.3 is 5.97 Å². The number of hydrogen-bond acceptors (Lipinski definition) is 3. The Bertz CT molecular complexity index is 539. The predicted octanol–water partition coefficient (Wildman–Crippen LogP) is 2.82. The summed E-state index contributed by atoms with van der Waals surface area (Å²) in [6.07, 6.45) is 0.920. The van der Waals surface area contributed by atoms with Gasteiger partial charge in [-0.2, -0.15) is 0 Å². The molecule has 0 aliphatic rings. The van der Waals surface area contributed by atoms with Crippen LogP contribution in [0.3, 0.4) is 0 Å². The molecular weight excluding hydrogens is 300 g/mol. The Balaban J connectivity index is 2.60. The molecule has 0 saturated carbocycles. The van der Waals surface area contributed by atoms with E-state index in [9.17, 15) is 18.4 Å². The summed E-state index contributed by atoms with van der Waals surface area (Å²) in [5, 5.41) is 11.6. The lowest BCUT2D eigenvalue weighted by molar-refractivity contribution is -0.146. The highest BCUT2D eigenvalue weighted by atomic mass is 32.2. The molecule has 0 heterocycles. The summed E-state index contributed by atoms with van der Waals surface area (Å²) in [5.41, 5.74) is -1.32. The van der Waals surface area contributed by atoms with Crippen molar-refractivity contribution in [3.05, 3.63) is 29.8 Å². The number of carbonyl (C=O) groups excluding carboxylic acids is 1. The lowest BCUT2D eigenvalue weighted by atomic mass is 9.96. The summed E-state index contributed by atoms with van der Waals surface area (Å²) in [5.74, 6) is -3.58. The molecular formula is C14H17F2NO3S. The first-order valence-electron chi connectivity index (χ1n) is 6.40. The van der Waals surface area contributed by atoms with E-state index < -0.39 is 29.0 Å². The molecule has 4 nitrogen and oxygen atoms in total. The number of carbonyl (C=O) groups is 2. The van der Waals surface area contributed by atoms with Crippen LogP contribution in [0, 0.1) is 11.6 Å². The number of aliphatic carboxylic acids is 1. The Hall–Kier alpha value is -1.63. The smallest absolute Gasteiger partial charge is 0.329 e. The van der Waals surface area contributed by atoms with Crippen molar-refractivity contribution in [3.63, 3.8) is 0 Å². The van der Waals surface area contributed by atoms with Gasteiger partial charge in [-0.05, 0) is 31.5 Å². The number of rotatable bonds is 7. The van der Waals surface area contributed by atoms with Crippen LogP contribution in [-0.2, 0) is 9.59 Å². The van der Waals surface area contributed by atoms with E-state index in [-0.39, 0.29) is 5.75 Å². The first-order chi connectivity index (χ1) is 9.78. The van der Waals surface area contributed by atoms with Crippen molar-refractivity contribution in [3.8, 4) is 0 Å². The average molecular weight is 317 g/mol. The summed E-state index contributed by atoms with van der Waals surface area (Å²) < 4.78 is 25.8. The van der Waals surface area contributed by atoms with E-state index in [4.69, 9.17) is 5.11 Å². The molecule has 116 valence electrons. The summed E-state index contributed by atoms with van der Waals surface area (Å²) in [4.78, 5) is 23.4. The van der Waals surface area contributed by atoms with Crippen molar-refractivity contribution in [1.29, 1.82) is 0 Å². The number of hydrogen-bond donors (Lipinski definition) is 2. The van der Waals surface area contributed by atoms with Crippen molar-refractivity contribution in [2.75, 3.05) is 5.75 Å². The van der Waals surface area contributed by atoms with Crippen LogP contribution in [0.15, 0.2) is 23.1 Å². The van der Waals surface area contributed by atoms with E-state index in [1.165, 1.54) is 13.0 Å². The van der Waals surface area contributed by atoms with Gasteiger partial charge in [0.1, 0.15) is 5.54 Å². The maximum atomic E-state index is 13.0. The van der Waals surface area contributed by atoms with E-state index in [2.05, 4.69) is 5.32 Å². The zero-order chi connectivity index (χ0) is 16.0. The predicted molar refractivity (Wildman–Crippen MR) is 76.2 cm³/mol. The fourth-order valence-corrected chi connectivity index (χ4v) is 2.50. The summed E-state index contributed by atoms with van der Waals surface area (Å²) >= 11 is 1.01. The fourth-order valence-electron chi connectivity index (χ4n) is 1.78. The van der Waals surface area contributed by atoms with Gasteiger partial charge in [0, 0.05) is 4.90 Å². The van der Waals surface area contributed by atoms with Crippen LogP contribution < -0.4 is 5.32 Å². The number of thioether (sulfide) groups is 1. The molecule has 0 fully saturated rings. The normalized spacial score (nSPS) is 13.5. The van der Waals surface area contributed by atoms with Gasteiger partial charge in [-0.3, -0.25) is 4.79 Å². The van der Waals surface area contributed by atoms with Gasteiger partial charge in [0.25, 0.3) is 0 Å². The maximum absolute atomic E-state index is 13.0. The van der Waals surface area contributed by atoms with E-state index >= 15 is 0 Å². The molecule has 0 spiro atoms. The molecule has 0 aliphatic carbocycles. The van der Waals surface area contributed by atoms with Crippen molar-refractivity contribution in [2.24, 2.45) is 0 Å². The van der Waals surface area contributed by atoms with Crippen LogP contribution in [0.25, 0.3) is 0 Å². The van der Waals surface area contributed by atoms with Crippen molar-refractivity contribution in [2.45, 2.75) is 37.1 Å². The molecule has 1 amide bonds. The Labute approximate surface area is 125 Å². The van der Waals surface area contributed by atoms with Crippen LogP contribution in [-0.4, -0.2) is 28.3 Å². The Morgan fingerprint density at radius 1 is 1.33 bits per heavy atom. The van der Waals surface area contributed by atoms with Crippen molar-refractivity contribution < 1.29 is 23.5 Å². The number of carboxylic acid groups (broad SMARTS) is 1. The monoisotopic (exact) mass is 317 g/mol. The summed E-state index contributed by atoms with van der Waals surface area (Å²) in [7, 11) is 0. The van der Waals surface area contributed by atoms with Crippen LogP contribution in [0.4, 0.5) is 8.78 Å². The lowest BCUT2D eigenvalue weighted by Crippen LogP contribution is -2.52. The van der Waals surface area contributed by atoms with Crippen LogP contribution in [0.5, 0.6) is 0 Å². The zero-order valence-corrected chi connectivity index (χ0v) is 12.6. The van der Waals surface area contributed by atoms with Gasteiger partial charge in [0.15, 0.2) is 11.6 Å². The molecule has 21 heavy (non-hydrogen) atoms. The molecule has 0 aromatic heterocycles. The molecule has 1 aromatic rings. The number of amides is 1. The first kappa shape index (κ1) is 17.4. The second-order valence-electron chi connectivity index (χ2n) is 4.80. The van der Waals surface area contributed by atoms with Gasteiger partial charge in [-0.1, -0.05) is 13.3 Å². The van der Waals surface area contributed by atoms with E-state index in [0.717, 1.165) is 23.9 Å². The number of halogens is 2. The van der Waals surface area contributed by atoms with Crippen LogP contribution >= 0.6 is 11.8 Å². The summed E-state index contributed by atoms with van der Waals surface area (Å²) in [6, 6.07) is 3.34. The second-order valence-corrected chi connectivity index (χ2v) is 5.85. The minimum atomic E-state index is -1.32. The van der Waals surface area contributed by atoms with E-state index in [0.29, 0.717) is 17.7 Å². The number of carboxylic acids is 1. The molecule has 0 radical (unpaired) electrons. The van der Waals surface area contributed by atoms with Crippen LogP contribution in [0.2, 0.25) is 0 Å². The minimum absolute atomic E-state index is 0.0718. The largest absolute Gasteiger partial charge is 0.480 e. The van der Waals surface area contributed by atoms with Gasteiger partial charge in [0.05, 0.1) is 5.75 Å². The third kappa shape index (κ3) is 5.00. The lowest BCUT2D eigenvalue weighted by Gasteiger charge is -2.25. The molecule has 1 atom stereocenters. The molecule has 7 heteroatoms. The third-order valence-electron chi connectivity index (χ3n) is 2.90. The molecule has 2 N–H and O–H groups in total. The Kier molecular flexibility index (Phi) is 6.14. The SMILES string of the molecule is CCCC(C)(NC(=O)CSc1ccc(F)c(F)c1)C(=O)O. The topological polar surface area (TPSA) is 66.4 Å². The molecule has 1 rings (SSSR count). The highest BCUT2D eigenvalue weighted by Crippen LogP contribution is 2.21. The number of nitrogens with one attached hydrogen (secondary N) is 1. The molecule has 1 unspecified atom stereocenters. The minimum Gasteiger partial charge on any atom is -0.480 e. The fraction of sp³-hybridized carbons (Fsp3) is 0.429. The molecule has 0 bridgehead atoms. The average Bonchev–Trinajstić information content (AvgIpc) is 2.40. The standard InChI is InChI=1S/C14H17F2NO3S/c1-3-6-14(2,13(19)20)17-12(18)8-21-9-4-5-10(15)11(16)7-9/h4-5,7H,3,6,8H2,1-2H3,(H,17,18)(H,19,20). The van der Waals surface area contributed by atoms with E-state index in [1.54, 1.807) is 0 Å². The van der Waals surface area contributed by atoms with Gasteiger partial charge in [-0.25, -0.2) is 13.6 Å². The number of benzene rings is 1. The molecule has 1 aromatic carbocycles. The van der Waals surface area contributed by atoms with Gasteiger partial charge in [-0.15, -0.1) is 11.8 Å². The first-order valence-corrected chi connectivity index (χ1v) is 7.39. The van der Waals surface area contributed by atoms with Crippen molar-refractivity contribution >= 4 is 23.6 Å². The van der Waals surface area contributed by atoms with Gasteiger partial charge < -0.3 is 10.4 Å². The van der Waals surface area contributed by atoms with E-state index in [1.807, 2.05) is 6.92 Å². The van der Waals surface area contributed by atoms with Gasteiger partial charge in [0.2, 0.25) is 5.91 Å². The third-order valence-corrected chi connectivity index (χ3v) is 3.89. The second kappa shape index (κ2) is 7.40. The zero-order valence-electron chi connectivity index (χ0n) is 11.8. The summed E-state index contributed by atoms with van der Waals surface area (Å²) in [6.45, 7) is 3.27. The quantitative estimate of drug-likeness (QED) is 0.759. The van der Waals surface area contributed by atoms with Crippen molar-refractivity contribution in [1.82, 2.24) is 5.32 Å². The van der Waals surface area contributed by atoms with Crippen LogP contribution in [0.1, 0.15) is 26.7 Å². The highest BCUT2D eigenvalue weighted by Gasteiger charge is 2.33. The maximum Gasteiger partial charge on any atom is 0.329 e.